The van der Waals surface area contributed by atoms with Gasteiger partial charge in [-0.2, -0.15) is 20.1 Å². The third kappa shape index (κ3) is 3.95. The van der Waals surface area contributed by atoms with Gasteiger partial charge in [-0.25, -0.2) is 9.97 Å². The number of thiophene rings is 1. The van der Waals surface area contributed by atoms with E-state index < -0.39 is 23.6 Å². The van der Waals surface area contributed by atoms with Crippen LogP contribution in [-0.4, -0.2) is 42.4 Å². The van der Waals surface area contributed by atoms with E-state index in [2.05, 4.69) is 24.0 Å². The molecule has 3 aromatic heterocycles. The van der Waals surface area contributed by atoms with Crippen molar-refractivity contribution in [1.82, 2.24) is 24.0 Å². The van der Waals surface area contributed by atoms with E-state index in [0.29, 0.717) is 0 Å². The highest BCUT2D eigenvalue weighted by molar-refractivity contribution is 7.07. The lowest BCUT2D eigenvalue weighted by molar-refractivity contribution is -0.137. The van der Waals surface area contributed by atoms with Crippen LogP contribution >= 0.6 is 23.1 Å². The van der Waals surface area contributed by atoms with Gasteiger partial charge in [0.05, 0.1) is 11.7 Å². The fourth-order valence-corrected chi connectivity index (χ4v) is 3.38. The molecule has 2 amide bonds. The number of hydrogen-bond acceptors (Lipinski definition) is 9. The lowest BCUT2D eigenvalue weighted by Gasteiger charge is -2.15. The number of carbonyl (C=O) groups is 3. The van der Waals surface area contributed by atoms with E-state index in [9.17, 15) is 14.4 Å². The van der Waals surface area contributed by atoms with Crippen LogP contribution in [0.25, 0.3) is 11.5 Å². The predicted octanol–water partition coefficient (Wildman–Crippen LogP) is 0.452. The van der Waals surface area contributed by atoms with Crippen molar-refractivity contribution < 1.29 is 14.4 Å². The lowest BCUT2D eigenvalue weighted by atomic mass is 10.0. The summed E-state index contributed by atoms with van der Waals surface area (Å²) in [4.78, 5) is 44.1. The summed E-state index contributed by atoms with van der Waals surface area (Å²) < 4.78 is 8.00. The Morgan fingerprint density at radius 1 is 1.19 bits per heavy atom. The first-order valence-electron chi connectivity index (χ1n) is 7.31. The highest BCUT2D eigenvalue weighted by Crippen LogP contribution is 2.18. The normalized spacial score (nSPS) is 11.7. The molecule has 0 saturated heterocycles. The molecule has 3 rings (SSSR count). The van der Waals surface area contributed by atoms with Crippen LogP contribution in [0.4, 0.5) is 0 Å². The van der Waals surface area contributed by atoms with E-state index in [-0.39, 0.29) is 23.6 Å². The molecular formula is C15H12N6O3S2. The highest BCUT2D eigenvalue weighted by Gasteiger charge is 2.28. The molecule has 0 fully saturated rings. The maximum absolute atomic E-state index is 12.6. The van der Waals surface area contributed by atoms with Gasteiger partial charge in [-0.05, 0) is 28.5 Å². The van der Waals surface area contributed by atoms with E-state index in [1.165, 1.54) is 23.7 Å². The molecule has 0 radical (unpaired) electrons. The molecule has 3 heterocycles. The lowest BCUT2D eigenvalue weighted by Crippen LogP contribution is -2.47. The quantitative estimate of drug-likeness (QED) is 0.560. The van der Waals surface area contributed by atoms with Crippen LogP contribution in [0.2, 0.25) is 0 Å². The van der Waals surface area contributed by atoms with Crippen molar-refractivity contribution >= 4 is 40.7 Å². The largest absolute Gasteiger partial charge is 0.363 e. The summed E-state index contributed by atoms with van der Waals surface area (Å²) in [5.74, 6) is -2.42. The number of primary amides is 1. The van der Waals surface area contributed by atoms with Gasteiger partial charge in [0.1, 0.15) is 6.04 Å². The maximum atomic E-state index is 12.6. The number of rotatable bonds is 7. The van der Waals surface area contributed by atoms with Crippen molar-refractivity contribution in [3.8, 4) is 11.5 Å². The number of nitrogens with one attached hydrogen (secondary N) is 1. The van der Waals surface area contributed by atoms with Crippen molar-refractivity contribution in [2.75, 3.05) is 0 Å². The number of Topliss-reactive ketones (excluding diaryl/α,β-unsaturated/α-hetero) is 1. The fraction of sp³-hybridized carbons (Fsp3) is 0.133. The van der Waals surface area contributed by atoms with Gasteiger partial charge in [0.15, 0.2) is 17.2 Å². The number of ketones is 1. The summed E-state index contributed by atoms with van der Waals surface area (Å²) in [5, 5.41) is 6.16. The van der Waals surface area contributed by atoms with Gasteiger partial charge in [-0.3, -0.25) is 14.4 Å². The first-order chi connectivity index (χ1) is 12.6. The van der Waals surface area contributed by atoms with Crippen LogP contribution in [0.3, 0.4) is 0 Å². The summed E-state index contributed by atoms with van der Waals surface area (Å²) in [6, 6.07) is 2.33. The van der Waals surface area contributed by atoms with Crippen LogP contribution < -0.4 is 11.1 Å². The number of amides is 2. The predicted molar refractivity (Wildman–Crippen MR) is 94.4 cm³/mol. The monoisotopic (exact) mass is 388 g/mol. The Kier molecular flexibility index (Phi) is 5.39. The summed E-state index contributed by atoms with van der Waals surface area (Å²) in [6.45, 7) is 0. The SMILES string of the molecule is NC(=O)C(=O)C(Cc1ccsc1)NC(=O)c1nsnc1-c1ncccn1. The van der Waals surface area contributed by atoms with Gasteiger partial charge in [0.25, 0.3) is 11.8 Å². The van der Waals surface area contributed by atoms with Gasteiger partial charge in [-0.15, -0.1) is 0 Å². The second-order valence-corrected chi connectivity index (χ2v) is 6.43. The van der Waals surface area contributed by atoms with Crippen LogP contribution in [0.15, 0.2) is 35.3 Å². The summed E-state index contributed by atoms with van der Waals surface area (Å²) in [6.07, 6.45) is 3.17. The van der Waals surface area contributed by atoms with Crippen LogP contribution in [0, 0.1) is 0 Å². The van der Waals surface area contributed by atoms with Gasteiger partial charge in [-0.1, -0.05) is 0 Å². The van der Waals surface area contributed by atoms with Crippen molar-refractivity contribution in [3.63, 3.8) is 0 Å². The summed E-state index contributed by atoms with van der Waals surface area (Å²) in [7, 11) is 0. The molecule has 0 spiro atoms. The van der Waals surface area contributed by atoms with E-state index in [4.69, 9.17) is 5.73 Å². The Morgan fingerprint density at radius 3 is 2.62 bits per heavy atom. The number of nitrogens with zero attached hydrogens (tertiary/aromatic N) is 4. The zero-order valence-electron chi connectivity index (χ0n) is 13.2. The minimum Gasteiger partial charge on any atom is -0.363 e. The average Bonchev–Trinajstić information content (AvgIpc) is 3.32. The third-order valence-corrected chi connectivity index (χ3v) is 4.63. The standard InChI is InChI=1S/C15H12N6O3S2/c16-13(23)12(22)9(6-8-2-5-25-7-8)19-15(24)11-10(20-26-21-11)14-17-3-1-4-18-14/h1-5,7,9H,6H2,(H2,16,23)(H,19,24). The second kappa shape index (κ2) is 7.89. The van der Waals surface area contributed by atoms with Crippen LogP contribution in [0.5, 0.6) is 0 Å². The van der Waals surface area contributed by atoms with Gasteiger partial charge in [0, 0.05) is 18.8 Å². The molecule has 26 heavy (non-hydrogen) atoms. The molecule has 1 unspecified atom stereocenters. The van der Waals surface area contributed by atoms with E-state index in [1.54, 1.807) is 12.1 Å². The zero-order valence-corrected chi connectivity index (χ0v) is 14.8. The number of nitrogens with two attached hydrogens (primary N) is 1. The zero-order chi connectivity index (χ0) is 18.5. The van der Waals surface area contributed by atoms with Crippen LogP contribution in [-0.2, 0) is 16.0 Å². The summed E-state index contributed by atoms with van der Waals surface area (Å²) >= 11 is 2.26. The Labute approximate surface area is 155 Å². The minimum absolute atomic E-state index is 0.0196. The van der Waals surface area contributed by atoms with Gasteiger partial charge >= 0.3 is 0 Å². The molecule has 132 valence electrons. The molecule has 0 aromatic carbocycles. The Hall–Kier alpha value is -3.05. The Bertz CT molecular complexity index is 926. The number of aromatic nitrogens is 4. The molecule has 0 bridgehead atoms. The maximum Gasteiger partial charge on any atom is 0.287 e. The van der Waals surface area contributed by atoms with Crippen molar-refractivity contribution in [3.05, 3.63) is 46.5 Å². The van der Waals surface area contributed by atoms with Crippen molar-refractivity contribution in [2.45, 2.75) is 12.5 Å². The molecular weight excluding hydrogens is 376 g/mol. The topological polar surface area (TPSA) is 141 Å². The van der Waals surface area contributed by atoms with Gasteiger partial charge < -0.3 is 11.1 Å². The fourth-order valence-electron chi connectivity index (χ4n) is 2.16. The molecule has 9 nitrogen and oxygen atoms in total. The van der Waals surface area contributed by atoms with Crippen molar-refractivity contribution in [2.24, 2.45) is 5.73 Å². The average molecular weight is 388 g/mol. The third-order valence-electron chi connectivity index (χ3n) is 3.37. The number of hydrogen-bond donors (Lipinski definition) is 2. The molecule has 3 N–H and O–H groups in total. The minimum atomic E-state index is -1.12. The van der Waals surface area contributed by atoms with E-state index in [0.717, 1.165) is 17.3 Å². The Balaban J connectivity index is 1.83. The highest BCUT2D eigenvalue weighted by atomic mass is 32.1. The first kappa shape index (κ1) is 17.8. The molecule has 11 heteroatoms. The Morgan fingerprint density at radius 2 is 1.96 bits per heavy atom. The summed E-state index contributed by atoms with van der Waals surface area (Å²) in [5.41, 5.74) is 6.08. The van der Waals surface area contributed by atoms with Crippen LogP contribution in [0.1, 0.15) is 16.1 Å². The molecule has 0 saturated carbocycles. The molecule has 3 aromatic rings. The number of carbonyl (C=O) groups excluding carboxylic acids is 3. The van der Waals surface area contributed by atoms with E-state index >= 15 is 0 Å². The van der Waals surface area contributed by atoms with E-state index in [1.807, 2.05) is 10.8 Å². The molecule has 0 aliphatic rings. The first-order valence-corrected chi connectivity index (χ1v) is 8.99. The molecule has 0 aliphatic heterocycles. The van der Waals surface area contributed by atoms with Gasteiger partial charge in [0.2, 0.25) is 5.78 Å². The molecule has 0 aliphatic carbocycles. The second-order valence-electron chi connectivity index (χ2n) is 5.12. The smallest absolute Gasteiger partial charge is 0.287 e. The van der Waals surface area contributed by atoms with Crippen molar-refractivity contribution in [1.29, 1.82) is 0 Å². The molecule has 1 atom stereocenters.